The summed E-state index contributed by atoms with van der Waals surface area (Å²) in [5, 5.41) is 21.5. The van der Waals surface area contributed by atoms with Gasteiger partial charge in [0.25, 0.3) is 0 Å². The molecule has 0 bridgehead atoms. The van der Waals surface area contributed by atoms with Crippen LogP contribution in [0.4, 0.5) is 14.9 Å². The largest absolute Gasteiger partial charge is 0.438 e. The standard InChI is InChI=1S/C23H21FN8O2/c24-20-9-18(31-14-23(34-22(31)33)10-21(23)32-8-7-26-30-32)5-6-19(20)16-3-1-15(2-4-16)11-25-12-17-13-27-29-28-17/h1-9,13,21,25H,10-12,14H2,(H,27,28,29). The molecule has 2 aromatic carbocycles. The normalized spacial score (nSPS) is 21.3. The number of aromatic nitrogens is 6. The van der Waals surface area contributed by atoms with Crippen LogP contribution in [0.25, 0.3) is 11.1 Å². The van der Waals surface area contributed by atoms with Crippen molar-refractivity contribution in [3.05, 3.63) is 78.1 Å². The summed E-state index contributed by atoms with van der Waals surface area (Å²) in [6, 6.07) is 12.5. The maximum atomic E-state index is 15.1. The van der Waals surface area contributed by atoms with Crippen molar-refractivity contribution in [1.29, 1.82) is 0 Å². The quantitative estimate of drug-likeness (QED) is 0.436. The Hall–Kier alpha value is -4.12. The molecule has 2 aliphatic rings. The van der Waals surface area contributed by atoms with Gasteiger partial charge in [-0.05, 0) is 29.3 Å². The number of hydrogen-bond acceptors (Lipinski definition) is 7. The lowest BCUT2D eigenvalue weighted by Crippen LogP contribution is -2.26. The van der Waals surface area contributed by atoms with Crippen molar-refractivity contribution in [2.24, 2.45) is 0 Å². The molecule has 2 N–H and O–H groups in total. The summed E-state index contributed by atoms with van der Waals surface area (Å²) >= 11 is 0. The Labute approximate surface area is 193 Å². The molecule has 11 heteroatoms. The monoisotopic (exact) mass is 460 g/mol. The zero-order valence-electron chi connectivity index (χ0n) is 18.1. The molecule has 1 amide bonds. The third-order valence-electron chi connectivity index (χ3n) is 6.31. The highest BCUT2D eigenvalue weighted by atomic mass is 19.1. The van der Waals surface area contributed by atoms with Crippen LogP contribution >= 0.6 is 0 Å². The van der Waals surface area contributed by atoms with Crippen molar-refractivity contribution in [3.63, 3.8) is 0 Å². The number of aromatic amines is 1. The maximum Gasteiger partial charge on any atom is 0.415 e. The van der Waals surface area contributed by atoms with Crippen molar-refractivity contribution in [2.75, 3.05) is 11.4 Å². The average molecular weight is 460 g/mol. The molecule has 1 saturated heterocycles. The minimum absolute atomic E-state index is 0.0444. The molecule has 2 aromatic heterocycles. The van der Waals surface area contributed by atoms with E-state index in [1.807, 2.05) is 24.3 Å². The Morgan fingerprint density at radius 2 is 2.09 bits per heavy atom. The van der Waals surface area contributed by atoms with E-state index in [2.05, 4.69) is 31.0 Å². The van der Waals surface area contributed by atoms with Crippen LogP contribution < -0.4 is 10.2 Å². The maximum absolute atomic E-state index is 15.1. The Morgan fingerprint density at radius 1 is 1.21 bits per heavy atom. The van der Waals surface area contributed by atoms with E-state index >= 15 is 4.39 Å². The second-order valence-corrected chi connectivity index (χ2v) is 8.55. The minimum atomic E-state index is -0.628. The summed E-state index contributed by atoms with van der Waals surface area (Å²) in [5.74, 6) is -0.396. The molecule has 1 aliphatic heterocycles. The SMILES string of the molecule is O=C1OC2(CC2n2ccnn2)CN1c1ccc(-c2ccc(CNCc3cn[nH]n3)cc2)c(F)c1. The van der Waals surface area contributed by atoms with Gasteiger partial charge < -0.3 is 10.1 Å². The van der Waals surface area contributed by atoms with Crippen LogP contribution in [0.5, 0.6) is 0 Å². The number of benzene rings is 2. The third-order valence-corrected chi connectivity index (χ3v) is 6.31. The molecule has 2 atom stereocenters. The van der Waals surface area contributed by atoms with Crippen LogP contribution in [0.3, 0.4) is 0 Å². The first kappa shape index (κ1) is 20.5. The topological polar surface area (TPSA) is 114 Å². The van der Waals surface area contributed by atoms with Gasteiger partial charge in [-0.3, -0.25) is 4.90 Å². The van der Waals surface area contributed by atoms with Gasteiger partial charge in [-0.25, -0.2) is 13.9 Å². The lowest BCUT2D eigenvalue weighted by Gasteiger charge is -2.15. The van der Waals surface area contributed by atoms with E-state index in [4.69, 9.17) is 4.74 Å². The fourth-order valence-corrected chi connectivity index (χ4v) is 4.41. The van der Waals surface area contributed by atoms with Crippen LogP contribution in [0.2, 0.25) is 0 Å². The number of amides is 1. The molecule has 1 saturated carbocycles. The molecule has 34 heavy (non-hydrogen) atoms. The molecule has 3 heterocycles. The van der Waals surface area contributed by atoms with Gasteiger partial charge in [-0.2, -0.15) is 15.4 Å². The predicted octanol–water partition coefficient (Wildman–Crippen LogP) is 2.83. The summed E-state index contributed by atoms with van der Waals surface area (Å²) in [4.78, 5) is 14.0. The number of nitrogens with zero attached hydrogens (tertiary/aromatic N) is 6. The summed E-state index contributed by atoms with van der Waals surface area (Å²) in [6.45, 7) is 1.61. The number of rotatable bonds is 7. The fraction of sp³-hybridized carbons (Fsp3) is 0.261. The number of ether oxygens (including phenoxy) is 1. The number of hydrogen-bond donors (Lipinski definition) is 2. The van der Waals surface area contributed by atoms with E-state index in [-0.39, 0.29) is 6.04 Å². The number of anilines is 1. The van der Waals surface area contributed by atoms with Gasteiger partial charge in [-0.1, -0.05) is 29.5 Å². The van der Waals surface area contributed by atoms with Crippen LogP contribution in [0, 0.1) is 5.82 Å². The van der Waals surface area contributed by atoms with E-state index < -0.39 is 17.5 Å². The molecule has 172 valence electrons. The van der Waals surface area contributed by atoms with Crippen LogP contribution in [-0.4, -0.2) is 48.6 Å². The van der Waals surface area contributed by atoms with Crippen LogP contribution in [-0.2, 0) is 17.8 Å². The van der Waals surface area contributed by atoms with Gasteiger partial charge in [0, 0.05) is 31.3 Å². The summed E-state index contributed by atoms with van der Waals surface area (Å²) in [6.07, 6.45) is 5.21. The zero-order chi connectivity index (χ0) is 23.1. The Balaban J connectivity index is 1.12. The Kier molecular flexibility index (Phi) is 4.84. The number of carbonyl (C=O) groups is 1. The molecular weight excluding hydrogens is 439 g/mol. The van der Waals surface area contributed by atoms with Gasteiger partial charge >= 0.3 is 6.09 Å². The van der Waals surface area contributed by atoms with E-state index in [9.17, 15) is 4.79 Å². The predicted molar refractivity (Wildman–Crippen MR) is 119 cm³/mol. The smallest absolute Gasteiger partial charge is 0.415 e. The lowest BCUT2D eigenvalue weighted by atomic mass is 10.0. The average Bonchev–Trinajstić information content (AvgIpc) is 3.31. The van der Waals surface area contributed by atoms with E-state index in [1.165, 1.54) is 11.0 Å². The van der Waals surface area contributed by atoms with Crippen molar-refractivity contribution >= 4 is 11.8 Å². The third kappa shape index (κ3) is 3.69. The van der Waals surface area contributed by atoms with Crippen LogP contribution in [0.1, 0.15) is 23.7 Å². The number of carbonyl (C=O) groups excluding carboxylic acids is 1. The van der Waals surface area contributed by atoms with Gasteiger partial charge in [0.05, 0.1) is 36.4 Å². The highest BCUT2D eigenvalue weighted by molar-refractivity contribution is 5.91. The highest BCUT2D eigenvalue weighted by Gasteiger charge is 2.65. The molecule has 4 aromatic rings. The molecule has 0 radical (unpaired) electrons. The second-order valence-electron chi connectivity index (χ2n) is 8.55. The number of H-pyrrole nitrogens is 1. The van der Waals surface area contributed by atoms with Crippen molar-refractivity contribution in [1.82, 2.24) is 35.7 Å². The van der Waals surface area contributed by atoms with Gasteiger partial charge in [0.2, 0.25) is 0 Å². The molecule has 10 nitrogen and oxygen atoms in total. The minimum Gasteiger partial charge on any atom is -0.438 e. The first-order chi connectivity index (χ1) is 16.6. The van der Waals surface area contributed by atoms with Crippen LogP contribution in [0.15, 0.2) is 61.1 Å². The molecule has 2 unspecified atom stereocenters. The van der Waals surface area contributed by atoms with Crippen molar-refractivity contribution in [3.8, 4) is 11.1 Å². The first-order valence-electron chi connectivity index (χ1n) is 10.9. The molecule has 2 fully saturated rings. The Morgan fingerprint density at radius 3 is 2.82 bits per heavy atom. The van der Waals surface area contributed by atoms with Crippen molar-refractivity contribution in [2.45, 2.75) is 31.2 Å². The molecular formula is C23H21FN8O2. The van der Waals surface area contributed by atoms with E-state index in [0.29, 0.717) is 37.3 Å². The fourth-order valence-electron chi connectivity index (χ4n) is 4.41. The number of nitrogens with one attached hydrogen (secondary N) is 2. The molecule has 6 rings (SSSR count). The summed E-state index contributed by atoms with van der Waals surface area (Å²) < 4.78 is 22.4. The Bertz CT molecular complexity index is 1310. The summed E-state index contributed by atoms with van der Waals surface area (Å²) in [5.41, 5.74) is 2.99. The second kappa shape index (κ2) is 8.03. The van der Waals surface area contributed by atoms with Gasteiger partial charge in [-0.15, -0.1) is 5.10 Å². The molecule has 1 aliphatic carbocycles. The number of halogens is 1. The van der Waals surface area contributed by atoms with Gasteiger partial charge in [0.1, 0.15) is 5.82 Å². The van der Waals surface area contributed by atoms with E-state index in [0.717, 1.165) is 16.8 Å². The first-order valence-corrected chi connectivity index (χ1v) is 10.9. The summed E-state index contributed by atoms with van der Waals surface area (Å²) in [7, 11) is 0. The van der Waals surface area contributed by atoms with Crippen molar-refractivity contribution < 1.29 is 13.9 Å². The van der Waals surface area contributed by atoms with E-state index in [1.54, 1.807) is 35.4 Å². The zero-order valence-corrected chi connectivity index (χ0v) is 18.1. The molecule has 1 spiro atoms. The highest BCUT2D eigenvalue weighted by Crippen LogP contribution is 2.54. The lowest BCUT2D eigenvalue weighted by molar-refractivity contribution is 0.118. The van der Waals surface area contributed by atoms with Gasteiger partial charge in [0.15, 0.2) is 5.60 Å².